The van der Waals surface area contributed by atoms with E-state index in [1.807, 2.05) is 62.4 Å². The quantitative estimate of drug-likeness (QED) is 0.354. The number of aromatic nitrogens is 6. The molecule has 0 atom stereocenters. The predicted octanol–water partition coefficient (Wildman–Crippen LogP) is 4.99. The molecular formula is C24H25F3N7Na. The normalized spacial score (nSPS) is 11.4. The van der Waals surface area contributed by atoms with E-state index in [-0.39, 0.29) is 41.3 Å². The summed E-state index contributed by atoms with van der Waals surface area (Å²) in [5, 5.41) is 17.2. The van der Waals surface area contributed by atoms with E-state index in [1.54, 1.807) is 6.92 Å². The Morgan fingerprint density at radius 3 is 2.23 bits per heavy atom. The third-order valence-electron chi connectivity index (χ3n) is 5.44. The van der Waals surface area contributed by atoms with E-state index in [0.717, 1.165) is 22.3 Å². The number of nitrogens with one attached hydrogen (secondary N) is 2. The second-order valence-electron chi connectivity index (χ2n) is 8.11. The number of alkyl halides is 3. The molecule has 4 rings (SSSR count). The van der Waals surface area contributed by atoms with Gasteiger partial charge in [-0.1, -0.05) is 69.3 Å². The monoisotopic (exact) mass is 491 g/mol. The van der Waals surface area contributed by atoms with Crippen molar-refractivity contribution >= 4 is 35.4 Å². The van der Waals surface area contributed by atoms with E-state index < -0.39 is 12.0 Å². The molecule has 178 valence electrons. The van der Waals surface area contributed by atoms with Crippen LogP contribution < -0.4 is 5.32 Å². The van der Waals surface area contributed by atoms with Crippen LogP contribution in [0.2, 0.25) is 0 Å². The Labute approximate surface area is 223 Å². The minimum absolute atomic E-state index is 0. The van der Waals surface area contributed by atoms with Gasteiger partial charge >= 0.3 is 35.7 Å². The zero-order chi connectivity index (χ0) is 24.3. The average molecular weight is 491 g/mol. The third-order valence-corrected chi connectivity index (χ3v) is 5.44. The Hall–Kier alpha value is -2.82. The maximum atomic E-state index is 13.4. The number of aromatic amines is 1. The maximum absolute atomic E-state index is 13.4. The molecule has 0 aliphatic carbocycles. The summed E-state index contributed by atoms with van der Waals surface area (Å²) in [5.74, 6) is -0.353. The molecule has 2 N–H and O–H groups in total. The van der Waals surface area contributed by atoms with E-state index in [2.05, 4.69) is 35.9 Å². The van der Waals surface area contributed by atoms with Crippen molar-refractivity contribution < 1.29 is 13.2 Å². The molecule has 2 aromatic heterocycles. The molecule has 0 spiro atoms. The number of aryl methyl sites for hydroxylation is 1. The fourth-order valence-corrected chi connectivity index (χ4v) is 3.86. The van der Waals surface area contributed by atoms with Crippen LogP contribution in [-0.4, -0.2) is 60.1 Å². The van der Waals surface area contributed by atoms with Gasteiger partial charge in [-0.15, -0.1) is 5.10 Å². The van der Waals surface area contributed by atoms with Gasteiger partial charge in [0.15, 0.2) is 5.82 Å². The van der Waals surface area contributed by atoms with E-state index in [4.69, 9.17) is 0 Å². The number of halogens is 3. The zero-order valence-corrected chi connectivity index (χ0v) is 19.0. The molecule has 0 radical (unpaired) electrons. The van der Waals surface area contributed by atoms with Gasteiger partial charge in [0.2, 0.25) is 5.82 Å². The van der Waals surface area contributed by atoms with E-state index in [0.29, 0.717) is 30.0 Å². The first-order valence-electron chi connectivity index (χ1n) is 10.9. The van der Waals surface area contributed by atoms with Crippen LogP contribution in [0.1, 0.15) is 49.3 Å². The van der Waals surface area contributed by atoms with Gasteiger partial charge in [0.1, 0.15) is 5.82 Å². The second kappa shape index (κ2) is 11.3. The molecule has 2 aromatic carbocycles. The summed E-state index contributed by atoms with van der Waals surface area (Å²) >= 11 is 0. The average Bonchev–Trinajstić information content (AvgIpc) is 3.36. The number of hydrogen-bond donors (Lipinski definition) is 2. The molecule has 0 aliphatic rings. The molecule has 11 heteroatoms. The van der Waals surface area contributed by atoms with Crippen LogP contribution in [0.5, 0.6) is 0 Å². The second-order valence-corrected chi connectivity index (χ2v) is 8.11. The summed E-state index contributed by atoms with van der Waals surface area (Å²) in [6.45, 7) is 5.97. The van der Waals surface area contributed by atoms with Crippen LogP contribution in [0, 0.1) is 0 Å². The summed E-state index contributed by atoms with van der Waals surface area (Å²) in [6.07, 6.45) is -4.22. The number of benzene rings is 2. The SMILES string of the molecule is CCc1nc(C(F)(F)F)nc(NCc2ccc(-c3ccccc3-c3nnn[nH]3)cc2)c1C(C)C.[NaH]. The van der Waals surface area contributed by atoms with Gasteiger partial charge < -0.3 is 5.32 Å². The first kappa shape index (κ1) is 26.8. The minimum atomic E-state index is -4.61. The molecule has 0 unspecified atom stereocenters. The van der Waals surface area contributed by atoms with Crippen molar-refractivity contribution in [1.29, 1.82) is 0 Å². The number of hydrogen-bond acceptors (Lipinski definition) is 6. The van der Waals surface area contributed by atoms with Gasteiger partial charge in [0.25, 0.3) is 0 Å². The van der Waals surface area contributed by atoms with Crippen molar-refractivity contribution in [3.63, 3.8) is 0 Å². The van der Waals surface area contributed by atoms with Crippen LogP contribution in [0.4, 0.5) is 19.0 Å². The van der Waals surface area contributed by atoms with Gasteiger partial charge in [0, 0.05) is 23.4 Å². The van der Waals surface area contributed by atoms with Crippen LogP contribution in [0.15, 0.2) is 48.5 Å². The standard InChI is InChI=1S/C24H24F3N7.Na.H/c1-4-19-20(14(2)3)22(30-23(29-19)24(25,26)27)28-13-15-9-11-16(12-10-15)17-7-5-6-8-18(17)21-31-33-34-32-21;;/h5-12,14H,4,13H2,1-3H3,(H,28,29,30)(H,31,32,33,34);;. The molecule has 0 fully saturated rings. The van der Waals surface area contributed by atoms with E-state index >= 15 is 0 Å². The number of rotatable bonds is 7. The topological polar surface area (TPSA) is 92.3 Å². The van der Waals surface area contributed by atoms with Crippen LogP contribution in [0.25, 0.3) is 22.5 Å². The third kappa shape index (κ3) is 6.06. The summed E-state index contributed by atoms with van der Waals surface area (Å²) < 4.78 is 40.1. The number of nitrogens with zero attached hydrogens (tertiary/aromatic N) is 5. The molecule has 7 nitrogen and oxygen atoms in total. The van der Waals surface area contributed by atoms with Crippen molar-refractivity contribution in [2.24, 2.45) is 0 Å². The first-order valence-corrected chi connectivity index (χ1v) is 10.9. The Bertz CT molecular complexity index is 1260. The van der Waals surface area contributed by atoms with Gasteiger partial charge in [-0.2, -0.15) is 13.2 Å². The van der Waals surface area contributed by atoms with Crippen molar-refractivity contribution in [2.75, 3.05) is 5.32 Å². The Morgan fingerprint density at radius 2 is 1.66 bits per heavy atom. The van der Waals surface area contributed by atoms with E-state index in [1.165, 1.54) is 0 Å². The molecule has 0 aliphatic heterocycles. The summed E-state index contributed by atoms with van der Waals surface area (Å²) in [7, 11) is 0. The first-order chi connectivity index (χ1) is 16.3. The van der Waals surface area contributed by atoms with Crippen molar-refractivity contribution in [1.82, 2.24) is 30.6 Å². The number of tetrazole rings is 1. The van der Waals surface area contributed by atoms with Crippen LogP contribution in [0.3, 0.4) is 0 Å². The zero-order valence-electron chi connectivity index (χ0n) is 19.0. The summed E-state index contributed by atoms with van der Waals surface area (Å²) in [5.41, 5.74) is 4.82. The molecule has 0 saturated carbocycles. The van der Waals surface area contributed by atoms with Gasteiger partial charge in [-0.25, -0.2) is 15.1 Å². The number of H-pyrrole nitrogens is 1. The van der Waals surface area contributed by atoms with Crippen molar-refractivity contribution in [2.45, 2.75) is 45.8 Å². The fourth-order valence-electron chi connectivity index (χ4n) is 3.86. The molecule has 2 heterocycles. The summed E-state index contributed by atoms with van der Waals surface area (Å²) in [6, 6.07) is 15.5. The molecule has 0 bridgehead atoms. The van der Waals surface area contributed by atoms with E-state index in [9.17, 15) is 13.2 Å². The molecule has 35 heavy (non-hydrogen) atoms. The van der Waals surface area contributed by atoms with Crippen molar-refractivity contribution in [3.8, 4) is 22.5 Å². The molecular weight excluding hydrogens is 466 g/mol. The Morgan fingerprint density at radius 1 is 0.971 bits per heavy atom. The number of anilines is 1. The fraction of sp³-hybridized carbons (Fsp3) is 0.292. The van der Waals surface area contributed by atoms with Crippen LogP contribution >= 0.6 is 0 Å². The molecule has 0 saturated heterocycles. The molecule has 0 amide bonds. The van der Waals surface area contributed by atoms with Gasteiger partial charge in [-0.3, -0.25) is 0 Å². The van der Waals surface area contributed by atoms with Crippen LogP contribution in [-0.2, 0) is 19.1 Å². The van der Waals surface area contributed by atoms with Crippen molar-refractivity contribution in [3.05, 3.63) is 71.2 Å². The Kier molecular flexibility index (Phi) is 8.63. The summed E-state index contributed by atoms with van der Waals surface area (Å²) in [4.78, 5) is 7.61. The molecule has 4 aromatic rings. The van der Waals surface area contributed by atoms with Gasteiger partial charge in [-0.05, 0) is 39.5 Å². The van der Waals surface area contributed by atoms with Gasteiger partial charge in [0.05, 0.1) is 0 Å². The predicted molar refractivity (Wildman–Crippen MR) is 130 cm³/mol. The Balaban J connectivity index is 0.00000342.